The molecule has 0 heterocycles. The molecule has 0 atom stereocenters. The largest absolute Gasteiger partial charge is 0.386 e. The Labute approximate surface area is 68.2 Å². The number of alkyl halides is 7. The van der Waals surface area contributed by atoms with Crippen molar-refractivity contribution in [1.29, 1.82) is 0 Å². The van der Waals surface area contributed by atoms with Gasteiger partial charge in [-0.3, -0.25) is 0 Å². The fourth-order valence-electron chi connectivity index (χ4n) is 0.249. The molecular formula is C4H3ClF6O. The first-order valence-electron chi connectivity index (χ1n) is 2.51. The molecule has 74 valence electrons. The lowest BCUT2D eigenvalue weighted by Gasteiger charge is -2.20. The quantitative estimate of drug-likeness (QED) is 0.519. The Morgan fingerprint density at radius 1 is 1.17 bits per heavy atom. The van der Waals surface area contributed by atoms with Crippen LogP contribution in [-0.2, 0) is 4.74 Å². The first-order valence-corrected chi connectivity index (χ1v) is 2.89. The molecule has 0 aromatic heterocycles. The SMILES string of the molecule is FC(F)OCC(F)(F)C(F)(F)Cl. The Hall–Kier alpha value is -0.170. The highest BCUT2D eigenvalue weighted by Gasteiger charge is 2.55. The van der Waals surface area contributed by atoms with Crippen molar-refractivity contribution < 1.29 is 31.1 Å². The smallest absolute Gasteiger partial charge is 0.316 e. The highest BCUT2D eigenvalue weighted by Crippen LogP contribution is 2.37. The molecule has 0 unspecified atom stereocenters. The lowest BCUT2D eigenvalue weighted by Crippen LogP contribution is -2.40. The van der Waals surface area contributed by atoms with E-state index in [-0.39, 0.29) is 0 Å². The van der Waals surface area contributed by atoms with Crippen molar-refractivity contribution in [2.24, 2.45) is 0 Å². The van der Waals surface area contributed by atoms with E-state index in [1.165, 1.54) is 0 Å². The third-order valence-corrected chi connectivity index (χ3v) is 1.08. The molecule has 0 saturated heterocycles. The lowest BCUT2D eigenvalue weighted by atomic mass is 10.4. The van der Waals surface area contributed by atoms with Crippen molar-refractivity contribution >= 4 is 11.6 Å². The monoisotopic (exact) mass is 216 g/mol. The summed E-state index contributed by atoms with van der Waals surface area (Å²) in [7, 11) is 0. The summed E-state index contributed by atoms with van der Waals surface area (Å²) in [6.07, 6.45) is 0. The second-order valence-electron chi connectivity index (χ2n) is 1.77. The van der Waals surface area contributed by atoms with Gasteiger partial charge < -0.3 is 4.74 Å². The second kappa shape index (κ2) is 3.69. The molecule has 0 bridgehead atoms. The van der Waals surface area contributed by atoms with Crippen LogP contribution in [0.4, 0.5) is 26.3 Å². The normalized spacial score (nSPS) is 14.0. The fraction of sp³-hybridized carbons (Fsp3) is 1.00. The zero-order valence-electron chi connectivity index (χ0n) is 5.34. The van der Waals surface area contributed by atoms with Crippen molar-refractivity contribution in [3.8, 4) is 0 Å². The van der Waals surface area contributed by atoms with Crippen molar-refractivity contribution in [2.45, 2.75) is 17.9 Å². The third kappa shape index (κ3) is 3.48. The molecule has 0 N–H and O–H groups in total. The Morgan fingerprint density at radius 2 is 1.58 bits per heavy atom. The van der Waals surface area contributed by atoms with E-state index >= 15 is 0 Å². The summed E-state index contributed by atoms with van der Waals surface area (Å²) >= 11 is 3.90. The molecule has 0 radical (unpaired) electrons. The van der Waals surface area contributed by atoms with E-state index in [1.807, 2.05) is 0 Å². The topological polar surface area (TPSA) is 9.23 Å². The van der Waals surface area contributed by atoms with Crippen LogP contribution in [0.15, 0.2) is 0 Å². The van der Waals surface area contributed by atoms with Crippen molar-refractivity contribution in [3.63, 3.8) is 0 Å². The highest BCUT2D eigenvalue weighted by molar-refractivity contribution is 6.22. The van der Waals surface area contributed by atoms with Crippen LogP contribution in [0.25, 0.3) is 0 Å². The molecule has 0 fully saturated rings. The lowest BCUT2D eigenvalue weighted by molar-refractivity contribution is -0.231. The predicted molar refractivity (Wildman–Crippen MR) is 27.7 cm³/mol. The Balaban J connectivity index is 4.05. The summed E-state index contributed by atoms with van der Waals surface area (Å²) in [6.45, 7) is -5.66. The first-order chi connectivity index (χ1) is 5.17. The van der Waals surface area contributed by atoms with Crippen LogP contribution < -0.4 is 0 Å². The number of ether oxygens (including phenoxy) is 1. The standard InChI is InChI=1S/C4H3ClF6O/c5-4(10,11)3(8,9)1-12-2(6)7/h2H,1H2. The molecule has 0 spiro atoms. The maximum Gasteiger partial charge on any atom is 0.386 e. The van der Waals surface area contributed by atoms with E-state index in [4.69, 9.17) is 0 Å². The van der Waals surface area contributed by atoms with E-state index in [0.717, 1.165) is 0 Å². The van der Waals surface area contributed by atoms with Crippen LogP contribution in [0.1, 0.15) is 0 Å². The third-order valence-electron chi connectivity index (χ3n) is 0.805. The maximum atomic E-state index is 12.0. The van der Waals surface area contributed by atoms with Gasteiger partial charge in [0.2, 0.25) is 0 Å². The maximum absolute atomic E-state index is 12.0. The van der Waals surface area contributed by atoms with Gasteiger partial charge in [-0.2, -0.15) is 26.3 Å². The molecule has 0 amide bonds. The van der Waals surface area contributed by atoms with Gasteiger partial charge in [0, 0.05) is 0 Å². The number of hydrogen-bond acceptors (Lipinski definition) is 1. The molecule has 0 aliphatic rings. The minimum atomic E-state index is -4.89. The zero-order valence-corrected chi connectivity index (χ0v) is 6.09. The van der Waals surface area contributed by atoms with Gasteiger partial charge in [-0.25, -0.2) is 0 Å². The number of rotatable bonds is 4. The number of hydrogen-bond donors (Lipinski definition) is 0. The fourth-order valence-corrected chi connectivity index (χ4v) is 0.304. The van der Waals surface area contributed by atoms with Crippen molar-refractivity contribution in [1.82, 2.24) is 0 Å². The van der Waals surface area contributed by atoms with Gasteiger partial charge in [-0.1, -0.05) is 0 Å². The summed E-state index contributed by atoms with van der Waals surface area (Å²) in [5, 5.41) is -4.89. The molecule has 1 nitrogen and oxygen atoms in total. The summed E-state index contributed by atoms with van der Waals surface area (Å²) in [4.78, 5) is 0. The van der Waals surface area contributed by atoms with Crippen LogP contribution in [-0.4, -0.2) is 24.5 Å². The number of halogens is 7. The minimum absolute atomic E-state index is 2.12. The second-order valence-corrected chi connectivity index (χ2v) is 2.25. The van der Waals surface area contributed by atoms with Crippen molar-refractivity contribution in [2.75, 3.05) is 6.61 Å². The summed E-state index contributed by atoms with van der Waals surface area (Å²) in [5.74, 6) is -4.80. The van der Waals surface area contributed by atoms with Gasteiger partial charge in [0.15, 0.2) is 0 Å². The summed E-state index contributed by atoms with van der Waals surface area (Å²) in [5.41, 5.74) is 0. The molecular weight excluding hydrogens is 213 g/mol. The van der Waals surface area contributed by atoms with Gasteiger partial charge in [-0.15, -0.1) is 0 Å². The summed E-state index contributed by atoms with van der Waals surface area (Å²) < 4.78 is 72.4. The highest BCUT2D eigenvalue weighted by atomic mass is 35.5. The van der Waals surface area contributed by atoms with Crippen LogP contribution in [0.5, 0.6) is 0 Å². The average molecular weight is 217 g/mol. The Morgan fingerprint density at radius 3 is 1.83 bits per heavy atom. The summed E-state index contributed by atoms with van der Waals surface area (Å²) in [6, 6.07) is 0. The first kappa shape index (κ1) is 11.8. The zero-order chi connectivity index (χ0) is 9.99. The molecule has 0 rings (SSSR count). The van der Waals surface area contributed by atoms with Crippen LogP contribution in [0, 0.1) is 0 Å². The minimum Gasteiger partial charge on any atom is -0.316 e. The molecule has 12 heavy (non-hydrogen) atoms. The van der Waals surface area contributed by atoms with Gasteiger partial charge >= 0.3 is 17.9 Å². The van der Waals surface area contributed by atoms with Gasteiger partial charge in [0.25, 0.3) is 0 Å². The van der Waals surface area contributed by atoms with E-state index < -0.39 is 24.5 Å². The molecule has 0 saturated carbocycles. The van der Waals surface area contributed by atoms with E-state index in [1.54, 1.807) is 0 Å². The van der Waals surface area contributed by atoms with E-state index in [0.29, 0.717) is 0 Å². The molecule has 8 heteroatoms. The van der Waals surface area contributed by atoms with Gasteiger partial charge in [0.1, 0.15) is 6.61 Å². The van der Waals surface area contributed by atoms with Crippen LogP contribution in [0.3, 0.4) is 0 Å². The van der Waals surface area contributed by atoms with E-state index in [2.05, 4.69) is 16.3 Å². The van der Waals surface area contributed by atoms with Gasteiger partial charge in [0.05, 0.1) is 0 Å². The average Bonchev–Trinajstić information content (AvgIpc) is 1.81. The molecule has 0 aliphatic heterocycles. The van der Waals surface area contributed by atoms with Crippen molar-refractivity contribution in [3.05, 3.63) is 0 Å². The van der Waals surface area contributed by atoms with Gasteiger partial charge in [-0.05, 0) is 11.6 Å². The molecule has 0 aromatic rings. The van der Waals surface area contributed by atoms with Crippen LogP contribution in [0.2, 0.25) is 0 Å². The predicted octanol–water partition coefficient (Wildman–Crippen LogP) is 2.69. The van der Waals surface area contributed by atoms with E-state index in [9.17, 15) is 26.3 Å². The molecule has 0 aliphatic carbocycles. The Bertz CT molecular complexity index is 143. The van der Waals surface area contributed by atoms with Crippen LogP contribution >= 0.6 is 11.6 Å². The molecule has 0 aromatic carbocycles. The Kier molecular flexibility index (Phi) is 3.64.